The van der Waals surface area contributed by atoms with Crippen LogP contribution in [0.25, 0.3) is 10.9 Å². The van der Waals surface area contributed by atoms with E-state index in [2.05, 4.69) is 4.98 Å². The summed E-state index contributed by atoms with van der Waals surface area (Å²) in [5.74, 6) is -1.95. The standard InChI is InChI=1S/C20H24N2O4/c1-13-17(15-9-5-6-10-16(15)21-13)18(23)20(25)26-14(2)19(24)22-11-7-3-4-8-12-22/h5-6,9-10,14,21H,3-4,7-8,11-12H2,1-2H3. The summed E-state index contributed by atoms with van der Waals surface area (Å²) in [4.78, 5) is 42.3. The van der Waals surface area contributed by atoms with Crippen LogP contribution in [0.15, 0.2) is 24.3 Å². The zero-order chi connectivity index (χ0) is 18.7. The number of aromatic amines is 1. The molecular formula is C20H24N2O4. The summed E-state index contributed by atoms with van der Waals surface area (Å²) in [6.07, 6.45) is 3.17. The molecule has 0 bridgehead atoms. The van der Waals surface area contributed by atoms with Gasteiger partial charge in [0.25, 0.3) is 11.7 Å². The van der Waals surface area contributed by atoms with E-state index in [1.54, 1.807) is 17.9 Å². The van der Waals surface area contributed by atoms with Crippen molar-refractivity contribution in [3.8, 4) is 0 Å². The summed E-state index contributed by atoms with van der Waals surface area (Å²) in [6, 6.07) is 7.29. The van der Waals surface area contributed by atoms with Crippen molar-refractivity contribution in [2.24, 2.45) is 0 Å². The number of H-pyrrole nitrogens is 1. The predicted octanol–water partition coefficient (Wildman–Crippen LogP) is 2.99. The molecule has 26 heavy (non-hydrogen) atoms. The highest BCUT2D eigenvalue weighted by Gasteiger charge is 2.29. The number of amides is 1. The van der Waals surface area contributed by atoms with Crippen LogP contribution in [0, 0.1) is 6.92 Å². The lowest BCUT2D eigenvalue weighted by Crippen LogP contribution is -2.41. The zero-order valence-corrected chi connectivity index (χ0v) is 15.2. The van der Waals surface area contributed by atoms with E-state index in [-0.39, 0.29) is 5.91 Å². The Morgan fingerprint density at radius 1 is 1.08 bits per heavy atom. The summed E-state index contributed by atoms with van der Waals surface area (Å²) in [5, 5.41) is 0.679. The average Bonchev–Trinajstić information content (AvgIpc) is 2.79. The van der Waals surface area contributed by atoms with Crippen molar-refractivity contribution in [2.75, 3.05) is 13.1 Å². The van der Waals surface area contributed by atoms with E-state index in [1.807, 2.05) is 18.2 Å². The SMILES string of the molecule is Cc1[nH]c2ccccc2c1C(=O)C(=O)OC(C)C(=O)N1CCCCCC1. The smallest absolute Gasteiger partial charge is 0.380 e. The lowest BCUT2D eigenvalue weighted by atomic mass is 10.1. The van der Waals surface area contributed by atoms with Gasteiger partial charge in [0, 0.05) is 29.7 Å². The maximum Gasteiger partial charge on any atom is 0.380 e. The van der Waals surface area contributed by atoms with Crippen molar-refractivity contribution >= 4 is 28.6 Å². The predicted molar refractivity (Wildman–Crippen MR) is 98.0 cm³/mol. The van der Waals surface area contributed by atoms with Gasteiger partial charge in [-0.25, -0.2) is 4.79 Å². The van der Waals surface area contributed by atoms with Crippen LogP contribution in [-0.2, 0) is 14.3 Å². The van der Waals surface area contributed by atoms with Crippen molar-refractivity contribution in [3.05, 3.63) is 35.5 Å². The molecule has 1 fully saturated rings. The molecule has 1 unspecified atom stereocenters. The number of Topliss-reactive ketones (excluding diaryl/α,β-unsaturated/α-hetero) is 1. The summed E-state index contributed by atoms with van der Waals surface area (Å²) in [6.45, 7) is 4.62. The molecule has 1 aliphatic heterocycles. The Labute approximate surface area is 152 Å². The molecule has 0 spiro atoms. The van der Waals surface area contributed by atoms with Gasteiger partial charge in [-0.1, -0.05) is 31.0 Å². The first-order chi connectivity index (χ1) is 12.5. The molecule has 0 radical (unpaired) electrons. The molecule has 1 aromatic carbocycles. The molecule has 1 aliphatic rings. The molecule has 1 amide bonds. The van der Waals surface area contributed by atoms with Crippen LogP contribution in [0.5, 0.6) is 0 Å². The number of ether oxygens (including phenoxy) is 1. The Kier molecular flexibility index (Phi) is 5.40. The average molecular weight is 356 g/mol. The van der Waals surface area contributed by atoms with Crippen LogP contribution in [-0.4, -0.2) is 46.7 Å². The molecule has 1 atom stereocenters. The van der Waals surface area contributed by atoms with Crippen molar-refractivity contribution in [3.63, 3.8) is 0 Å². The van der Waals surface area contributed by atoms with Crippen LogP contribution in [0.2, 0.25) is 0 Å². The fourth-order valence-corrected chi connectivity index (χ4v) is 3.48. The molecule has 6 heteroatoms. The second-order valence-electron chi connectivity index (χ2n) is 6.79. The first kappa shape index (κ1) is 18.2. The van der Waals surface area contributed by atoms with Crippen molar-refractivity contribution in [1.82, 2.24) is 9.88 Å². The molecule has 138 valence electrons. The van der Waals surface area contributed by atoms with E-state index in [4.69, 9.17) is 4.74 Å². The minimum absolute atomic E-state index is 0.233. The number of likely N-dealkylation sites (tertiary alicyclic amines) is 1. The molecule has 6 nitrogen and oxygen atoms in total. The number of para-hydroxylation sites is 1. The highest BCUT2D eigenvalue weighted by Crippen LogP contribution is 2.23. The minimum atomic E-state index is -0.992. The fraction of sp³-hybridized carbons (Fsp3) is 0.450. The van der Waals surface area contributed by atoms with E-state index in [0.717, 1.165) is 31.2 Å². The topological polar surface area (TPSA) is 79.5 Å². The lowest BCUT2D eigenvalue weighted by Gasteiger charge is -2.23. The molecular weight excluding hydrogens is 332 g/mol. The lowest BCUT2D eigenvalue weighted by molar-refractivity contribution is -0.155. The number of carbonyl (C=O) groups excluding carboxylic acids is 3. The number of nitrogens with zero attached hydrogens (tertiary/aromatic N) is 1. The number of benzene rings is 1. The van der Waals surface area contributed by atoms with Gasteiger partial charge in [-0.05, 0) is 32.8 Å². The first-order valence-electron chi connectivity index (χ1n) is 9.10. The van der Waals surface area contributed by atoms with E-state index in [9.17, 15) is 14.4 Å². The zero-order valence-electron chi connectivity index (χ0n) is 15.2. The van der Waals surface area contributed by atoms with Crippen molar-refractivity contribution < 1.29 is 19.1 Å². The Balaban J connectivity index is 1.71. The maximum atomic E-state index is 12.6. The third kappa shape index (κ3) is 3.64. The summed E-state index contributed by atoms with van der Waals surface area (Å²) in [7, 11) is 0. The molecule has 0 saturated carbocycles. The highest BCUT2D eigenvalue weighted by atomic mass is 16.6. The number of nitrogens with one attached hydrogen (secondary N) is 1. The van der Waals surface area contributed by atoms with E-state index in [0.29, 0.717) is 29.7 Å². The van der Waals surface area contributed by atoms with Gasteiger partial charge in [0.15, 0.2) is 6.10 Å². The third-order valence-electron chi connectivity index (χ3n) is 4.86. The van der Waals surface area contributed by atoms with Gasteiger partial charge < -0.3 is 14.6 Å². The van der Waals surface area contributed by atoms with Gasteiger partial charge in [0.1, 0.15) is 0 Å². The fourth-order valence-electron chi connectivity index (χ4n) is 3.48. The Hall–Kier alpha value is -2.63. The van der Waals surface area contributed by atoms with Crippen LogP contribution < -0.4 is 0 Å². The van der Waals surface area contributed by atoms with Gasteiger partial charge >= 0.3 is 5.97 Å². The molecule has 2 heterocycles. The first-order valence-corrected chi connectivity index (χ1v) is 9.10. The Bertz CT molecular complexity index is 831. The number of aromatic nitrogens is 1. The summed E-state index contributed by atoms with van der Waals surface area (Å²) in [5.41, 5.74) is 1.70. The minimum Gasteiger partial charge on any atom is -0.447 e. The van der Waals surface area contributed by atoms with Gasteiger partial charge in [-0.2, -0.15) is 0 Å². The number of esters is 1. The molecule has 1 aromatic heterocycles. The highest BCUT2D eigenvalue weighted by molar-refractivity contribution is 6.43. The van der Waals surface area contributed by atoms with Crippen molar-refractivity contribution in [1.29, 1.82) is 0 Å². The van der Waals surface area contributed by atoms with Crippen LogP contribution >= 0.6 is 0 Å². The number of fused-ring (bicyclic) bond motifs is 1. The van der Waals surface area contributed by atoms with E-state index < -0.39 is 17.9 Å². The van der Waals surface area contributed by atoms with E-state index in [1.165, 1.54) is 6.92 Å². The Morgan fingerprint density at radius 2 is 1.73 bits per heavy atom. The normalized spacial score (nSPS) is 16.2. The van der Waals surface area contributed by atoms with Gasteiger partial charge in [-0.3, -0.25) is 9.59 Å². The van der Waals surface area contributed by atoms with Gasteiger partial charge in [0.2, 0.25) is 0 Å². The number of ketones is 1. The van der Waals surface area contributed by atoms with Crippen molar-refractivity contribution in [2.45, 2.75) is 45.6 Å². The number of hydrogen-bond donors (Lipinski definition) is 1. The quantitative estimate of drug-likeness (QED) is 0.519. The molecule has 1 N–H and O–H groups in total. The summed E-state index contributed by atoms with van der Waals surface area (Å²) < 4.78 is 5.20. The second kappa shape index (κ2) is 7.72. The molecule has 1 saturated heterocycles. The third-order valence-corrected chi connectivity index (χ3v) is 4.86. The summed E-state index contributed by atoms with van der Waals surface area (Å²) >= 11 is 0. The second-order valence-corrected chi connectivity index (χ2v) is 6.79. The monoisotopic (exact) mass is 356 g/mol. The number of aryl methyl sites for hydroxylation is 1. The largest absolute Gasteiger partial charge is 0.447 e. The number of rotatable bonds is 4. The number of carbonyl (C=O) groups is 3. The molecule has 3 rings (SSSR count). The van der Waals surface area contributed by atoms with E-state index >= 15 is 0 Å². The van der Waals surface area contributed by atoms with Crippen LogP contribution in [0.4, 0.5) is 0 Å². The van der Waals surface area contributed by atoms with Crippen LogP contribution in [0.3, 0.4) is 0 Å². The van der Waals surface area contributed by atoms with Gasteiger partial charge in [-0.15, -0.1) is 0 Å². The molecule has 0 aliphatic carbocycles. The van der Waals surface area contributed by atoms with Gasteiger partial charge in [0.05, 0.1) is 5.56 Å². The Morgan fingerprint density at radius 3 is 2.42 bits per heavy atom. The van der Waals surface area contributed by atoms with Crippen LogP contribution in [0.1, 0.15) is 48.7 Å². The maximum absolute atomic E-state index is 12.6. The molecule has 2 aromatic rings. The number of hydrogen-bond acceptors (Lipinski definition) is 4.